The van der Waals surface area contributed by atoms with Crippen molar-refractivity contribution in [2.45, 2.75) is 6.54 Å². The van der Waals surface area contributed by atoms with Gasteiger partial charge in [0.25, 0.3) is 11.8 Å². The quantitative estimate of drug-likeness (QED) is 0.417. The molecule has 2 amide bonds. The number of hydrogen-bond donors (Lipinski definition) is 2. The number of halogens is 1. The lowest BCUT2D eigenvalue weighted by Crippen LogP contribution is -2.23. The van der Waals surface area contributed by atoms with E-state index in [-0.39, 0.29) is 17.9 Å². The largest absolute Gasteiger partial charge is 0.484 e. The number of rotatable bonds is 8. The van der Waals surface area contributed by atoms with Crippen LogP contribution < -0.4 is 15.4 Å². The van der Waals surface area contributed by atoms with Crippen molar-refractivity contribution in [3.05, 3.63) is 101 Å². The van der Waals surface area contributed by atoms with Crippen LogP contribution in [0, 0.1) is 17.1 Å². The van der Waals surface area contributed by atoms with Crippen LogP contribution in [0.5, 0.6) is 5.75 Å². The molecule has 0 saturated carbocycles. The van der Waals surface area contributed by atoms with Gasteiger partial charge >= 0.3 is 0 Å². The SMILES string of the molecule is N#CC(=Cc1cccc(OCC(=O)Nc2ccccc2F)c1)C(=O)NCc1ccccc1. The number of hydrogen-bond acceptors (Lipinski definition) is 4. The van der Waals surface area contributed by atoms with Gasteiger partial charge in [-0.2, -0.15) is 5.26 Å². The molecule has 0 bridgehead atoms. The molecule has 3 rings (SSSR count). The van der Waals surface area contributed by atoms with Crippen LogP contribution >= 0.6 is 0 Å². The Kier molecular flexibility index (Phi) is 7.71. The zero-order valence-corrected chi connectivity index (χ0v) is 17.0. The summed E-state index contributed by atoms with van der Waals surface area (Å²) >= 11 is 0. The van der Waals surface area contributed by atoms with Gasteiger partial charge in [-0.15, -0.1) is 0 Å². The predicted octanol–water partition coefficient (Wildman–Crippen LogP) is 4.07. The van der Waals surface area contributed by atoms with Crippen LogP contribution in [-0.4, -0.2) is 18.4 Å². The highest BCUT2D eigenvalue weighted by Crippen LogP contribution is 2.17. The molecule has 6 nitrogen and oxygen atoms in total. The van der Waals surface area contributed by atoms with E-state index in [0.29, 0.717) is 17.9 Å². The third-order valence-corrected chi connectivity index (χ3v) is 4.35. The highest BCUT2D eigenvalue weighted by molar-refractivity contribution is 6.01. The Bertz CT molecular complexity index is 1170. The molecule has 0 unspecified atom stereocenters. The molecule has 3 aromatic rings. The van der Waals surface area contributed by atoms with E-state index in [1.165, 1.54) is 24.3 Å². The lowest BCUT2D eigenvalue weighted by atomic mass is 10.1. The zero-order chi connectivity index (χ0) is 22.8. The molecule has 0 heterocycles. The molecule has 160 valence electrons. The number of amides is 2. The van der Waals surface area contributed by atoms with Crippen molar-refractivity contribution in [2.24, 2.45) is 0 Å². The van der Waals surface area contributed by atoms with Crippen molar-refractivity contribution in [1.29, 1.82) is 5.26 Å². The zero-order valence-electron chi connectivity index (χ0n) is 17.0. The van der Waals surface area contributed by atoms with E-state index in [1.54, 1.807) is 30.3 Å². The summed E-state index contributed by atoms with van der Waals surface area (Å²) in [6, 6.07) is 23.7. The van der Waals surface area contributed by atoms with Crippen LogP contribution in [0.4, 0.5) is 10.1 Å². The number of nitrogens with one attached hydrogen (secondary N) is 2. The van der Waals surface area contributed by atoms with E-state index in [4.69, 9.17) is 4.74 Å². The van der Waals surface area contributed by atoms with Gasteiger partial charge in [0.05, 0.1) is 5.69 Å². The lowest BCUT2D eigenvalue weighted by Gasteiger charge is -2.09. The summed E-state index contributed by atoms with van der Waals surface area (Å²) in [5, 5.41) is 14.5. The van der Waals surface area contributed by atoms with E-state index in [2.05, 4.69) is 10.6 Å². The highest BCUT2D eigenvalue weighted by Gasteiger charge is 2.10. The van der Waals surface area contributed by atoms with E-state index < -0.39 is 17.6 Å². The summed E-state index contributed by atoms with van der Waals surface area (Å²) in [5.41, 5.74) is 1.49. The molecule has 0 aromatic heterocycles. The second-order valence-electron chi connectivity index (χ2n) is 6.73. The van der Waals surface area contributed by atoms with E-state index in [0.717, 1.165) is 5.56 Å². The van der Waals surface area contributed by atoms with Gasteiger partial charge in [0, 0.05) is 6.54 Å². The molecule has 0 aliphatic rings. The van der Waals surface area contributed by atoms with Crippen molar-refractivity contribution >= 4 is 23.6 Å². The number of para-hydroxylation sites is 1. The summed E-state index contributed by atoms with van der Waals surface area (Å²) < 4.78 is 19.1. The van der Waals surface area contributed by atoms with E-state index >= 15 is 0 Å². The first-order valence-electron chi connectivity index (χ1n) is 9.76. The number of carbonyl (C=O) groups excluding carboxylic acids is 2. The maximum absolute atomic E-state index is 13.6. The molecule has 0 spiro atoms. The van der Waals surface area contributed by atoms with E-state index in [9.17, 15) is 19.2 Å². The van der Waals surface area contributed by atoms with Crippen molar-refractivity contribution in [2.75, 3.05) is 11.9 Å². The average Bonchev–Trinajstić information content (AvgIpc) is 2.82. The van der Waals surface area contributed by atoms with Gasteiger partial charge in [-0.3, -0.25) is 9.59 Å². The van der Waals surface area contributed by atoms with Crippen LogP contribution in [0.25, 0.3) is 6.08 Å². The Morgan fingerprint density at radius 1 is 1.00 bits per heavy atom. The van der Waals surface area contributed by atoms with Crippen molar-refractivity contribution < 1.29 is 18.7 Å². The molecular weight excluding hydrogens is 409 g/mol. The first-order chi connectivity index (χ1) is 15.5. The first-order valence-corrected chi connectivity index (χ1v) is 9.76. The Hall–Kier alpha value is -4.44. The predicted molar refractivity (Wildman–Crippen MR) is 119 cm³/mol. The summed E-state index contributed by atoms with van der Waals surface area (Å²) in [4.78, 5) is 24.4. The molecule has 0 aliphatic carbocycles. The fourth-order valence-electron chi connectivity index (χ4n) is 2.78. The standard InChI is InChI=1S/C25H20FN3O3/c26-22-11-4-5-12-23(22)29-24(30)17-32-21-10-6-9-19(14-21)13-20(15-27)25(31)28-16-18-7-2-1-3-8-18/h1-14H,16-17H2,(H,28,31)(H,29,30). The second-order valence-corrected chi connectivity index (χ2v) is 6.73. The number of nitriles is 1. The minimum atomic E-state index is -0.539. The van der Waals surface area contributed by atoms with Crippen molar-refractivity contribution in [3.8, 4) is 11.8 Å². The topological polar surface area (TPSA) is 91.2 Å². The van der Waals surface area contributed by atoms with Gasteiger partial charge in [0.2, 0.25) is 0 Å². The minimum absolute atomic E-state index is 0.0598. The van der Waals surface area contributed by atoms with Crippen LogP contribution in [0.1, 0.15) is 11.1 Å². The molecule has 0 saturated heterocycles. The molecule has 2 N–H and O–H groups in total. The van der Waals surface area contributed by atoms with Gasteiger partial charge in [-0.05, 0) is 41.5 Å². The summed E-state index contributed by atoms with van der Waals surface area (Å²) in [5.74, 6) is -1.19. The summed E-state index contributed by atoms with van der Waals surface area (Å²) in [7, 11) is 0. The maximum atomic E-state index is 13.6. The van der Waals surface area contributed by atoms with Crippen molar-refractivity contribution in [3.63, 3.8) is 0 Å². The van der Waals surface area contributed by atoms with Gasteiger partial charge in [-0.25, -0.2) is 4.39 Å². The van der Waals surface area contributed by atoms with Crippen molar-refractivity contribution in [1.82, 2.24) is 5.32 Å². The second kappa shape index (κ2) is 11.1. The number of ether oxygens (including phenoxy) is 1. The smallest absolute Gasteiger partial charge is 0.262 e. The minimum Gasteiger partial charge on any atom is -0.484 e. The third kappa shape index (κ3) is 6.54. The van der Waals surface area contributed by atoms with Gasteiger partial charge < -0.3 is 15.4 Å². The number of anilines is 1. The first kappa shape index (κ1) is 22.2. The third-order valence-electron chi connectivity index (χ3n) is 4.35. The summed E-state index contributed by atoms with van der Waals surface area (Å²) in [6.45, 7) is -0.0247. The number of carbonyl (C=O) groups is 2. The fourth-order valence-corrected chi connectivity index (χ4v) is 2.78. The molecule has 32 heavy (non-hydrogen) atoms. The molecule has 3 aromatic carbocycles. The molecule has 0 radical (unpaired) electrons. The van der Waals surface area contributed by atoms with Gasteiger partial charge in [0.15, 0.2) is 6.61 Å². The van der Waals surface area contributed by atoms with Gasteiger partial charge in [-0.1, -0.05) is 54.6 Å². The van der Waals surface area contributed by atoms with Crippen LogP contribution in [-0.2, 0) is 16.1 Å². The molecule has 0 aliphatic heterocycles. The molecule has 0 atom stereocenters. The Balaban J connectivity index is 1.59. The van der Waals surface area contributed by atoms with E-state index in [1.807, 2.05) is 36.4 Å². The monoisotopic (exact) mass is 429 g/mol. The van der Waals surface area contributed by atoms with Crippen LogP contribution in [0.2, 0.25) is 0 Å². The van der Waals surface area contributed by atoms with Crippen LogP contribution in [0.15, 0.2) is 84.4 Å². The fraction of sp³-hybridized carbons (Fsp3) is 0.0800. The van der Waals surface area contributed by atoms with Gasteiger partial charge in [0.1, 0.15) is 23.2 Å². The maximum Gasteiger partial charge on any atom is 0.262 e. The van der Waals surface area contributed by atoms with Crippen LogP contribution in [0.3, 0.4) is 0 Å². The molecular formula is C25H20FN3O3. The number of benzene rings is 3. The molecule has 0 fully saturated rings. The Morgan fingerprint density at radius 2 is 1.75 bits per heavy atom. The molecule has 7 heteroatoms. The number of nitrogens with zero attached hydrogens (tertiary/aromatic N) is 1. The Labute approximate surface area is 185 Å². The summed E-state index contributed by atoms with van der Waals surface area (Å²) in [6.07, 6.45) is 1.44. The average molecular weight is 429 g/mol. The highest BCUT2D eigenvalue weighted by atomic mass is 19.1. The normalized spacial score (nSPS) is 10.7. The Morgan fingerprint density at radius 3 is 2.50 bits per heavy atom. The lowest BCUT2D eigenvalue weighted by molar-refractivity contribution is -0.118.